The smallest absolute Gasteiger partial charge is 0.251 e. The summed E-state index contributed by atoms with van der Waals surface area (Å²) in [4.78, 5) is 23.9. The number of nitrogens with one attached hydrogen (secondary N) is 2. The predicted molar refractivity (Wildman–Crippen MR) is 85.9 cm³/mol. The maximum absolute atomic E-state index is 12.0. The maximum atomic E-state index is 12.0. The van der Waals surface area contributed by atoms with Crippen molar-refractivity contribution < 1.29 is 9.59 Å². The highest BCUT2D eigenvalue weighted by molar-refractivity contribution is 7.15. The van der Waals surface area contributed by atoms with Crippen LogP contribution >= 0.6 is 11.3 Å². The fourth-order valence-electron chi connectivity index (χ4n) is 1.84. The highest BCUT2D eigenvalue weighted by Gasteiger charge is 2.14. The van der Waals surface area contributed by atoms with Crippen LogP contribution in [-0.4, -0.2) is 28.1 Å². The number of anilines is 1. The molecule has 0 saturated carbocycles. The Morgan fingerprint density at radius 1 is 1.23 bits per heavy atom. The first kappa shape index (κ1) is 16.1. The van der Waals surface area contributed by atoms with Gasteiger partial charge in [0.15, 0.2) is 0 Å². The van der Waals surface area contributed by atoms with Gasteiger partial charge in [0, 0.05) is 18.0 Å². The van der Waals surface area contributed by atoms with Crippen LogP contribution in [0.3, 0.4) is 0 Å². The van der Waals surface area contributed by atoms with E-state index in [2.05, 4.69) is 20.8 Å². The van der Waals surface area contributed by atoms with Crippen molar-refractivity contribution in [2.75, 3.05) is 5.32 Å². The molecule has 0 aliphatic heterocycles. The van der Waals surface area contributed by atoms with Crippen LogP contribution in [0.2, 0.25) is 0 Å². The zero-order valence-electron chi connectivity index (χ0n) is 12.5. The van der Waals surface area contributed by atoms with Gasteiger partial charge in [0.05, 0.1) is 0 Å². The summed E-state index contributed by atoms with van der Waals surface area (Å²) in [6.45, 7) is 3.77. The van der Waals surface area contributed by atoms with E-state index < -0.39 is 0 Å². The fourth-order valence-corrected chi connectivity index (χ4v) is 2.54. The number of carbonyl (C=O) groups excluding carboxylic acids is 2. The van der Waals surface area contributed by atoms with Crippen molar-refractivity contribution in [2.24, 2.45) is 0 Å². The van der Waals surface area contributed by atoms with Gasteiger partial charge in [-0.05, 0) is 25.5 Å². The third-order valence-corrected chi connectivity index (χ3v) is 3.90. The zero-order chi connectivity index (χ0) is 15.9. The van der Waals surface area contributed by atoms with E-state index >= 15 is 0 Å². The topological polar surface area (TPSA) is 84.0 Å². The molecular weight excluding hydrogens is 300 g/mol. The number of aromatic nitrogens is 2. The van der Waals surface area contributed by atoms with Crippen LogP contribution in [0.1, 0.15) is 35.6 Å². The molecule has 0 aliphatic rings. The Morgan fingerprint density at radius 2 is 1.95 bits per heavy atom. The van der Waals surface area contributed by atoms with E-state index in [4.69, 9.17) is 0 Å². The van der Waals surface area contributed by atoms with Gasteiger partial charge in [0.2, 0.25) is 11.0 Å². The summed E-state index contributed by atoms with van der Waals surface area (Å²) in [5.41, 5.74) is 0.575. The van der Waals surface area contributed by atoms with Crippen LogP contribution < -0.4 is 10.6 Å². The molecule has 116 valence electrons. The molecule has 1 atom stereocenters. The van der Waals surface area contributed by atoms with Crippen LogP contribution in [-0.2, 0) is 11.2 Å². The molecule has 0 unspecified atom stereocenters. The van der Waals surface area contributed by atoms with Gasteiger partial charge < -0.3 is 10.6 Å². The minimum Gasteiger partial charge on any atom is -0.349 e. The number of benzene rings is 1. The molecule has 2 aromatic rings. The lowest BCUT2D eigenvalue weighted by atomic mass is 10.1. The first-order valence-electron chi connectivity index (χ1n) is 7.06. The number of amides is 2. The number of rotatable bonds is 6. The van der Waals surface area contributed by atoms with Crippen molar-refractivity contribution in [3.8, 4) is 0 Å². The van der Waals surface area contributed by atoms with Gasteiger partial charge in [-0.25, -0.2) is 0 Å². The van der Waals surface area contributed by atoms with Gasteiger partial charge in [-0.1, -0.05) is 36.5 Å². The van der Waals surface area contributed by atoms with E-state index in [1.54, 1.807) is 31.2 Å². The third kappa shape index (κ3) is 4.63. The van der Waals surface area contributed by atoms with Crippen molar-refractivity contribution >= 4 is 28.3 Å². The van der Waals surface area contributed by atoms with Gasteiger partial charge >= 0.3 is 0 Å². The molecular formula is C15H18N4O2S. The number of hydrogen-bond donors (Lipinski definition) is 2. The van der Waals surface area contributed by atoms with Gasteiger partial charge in [-0.2, -0.15) is 0 Å². The Bertz CT molecular complexity index is 642. The largest absolute Gasteiger partial charge is 0.349 e. The highest BCUT2D eigenvalue weighted by Crippen LogP contribution is 2.15. The lowest BCUT2D eigenvalue weighted by Gasteiger charge is -2.13. The summed E-state index contributed by atoms with van der Waals surface area (Å²) < 4.78 is 0. The number of nitrogens with zero attached hydrogens (tertiary/aromatic N) is 2. The summed E-state index contributed by atoms with van der Waals surface area (Å²) >= 11 is 1.36. The van der Waals surface area contributed by atoms with Gasteiger partial charge in [-0.3, -0.25) is 9.59 Å². The summed E-state index contributed by atoms with van der Waals surface area (Å²) in [5.74, 6) is -0.384. The molecule has 0 aliphatic carbocycles. The number of carbonyl (C=O) groups is 2. The Kier molecular flexibility index (Phi) is 5.60. The van der Waals surface area contributed by atoms with E-state index in [-0.39, 0.29) is 24.3 Å². The zero-order valence-corrected chi connectivity index (χ0v) is 13.3. The average molecular weight is 318 g/mol. The molecule has 0 fully saturated rings. The SMILES string of the molecule is CCc1nnc(NC(=O)C[C@@H](C)NC(=O)c2ccccc2)s1. The Balaban J connectivity index is 1.82. The van der Waals surface area contributed by atoms with Crippen LogP contribution in [0.15, 0.2) is 30.3 Å². The molecule has 2 N–H and O–H groups in total. The van der Waals surface area contributed by atoms with E-state index in [0.29, 0.717) is 10.7 Å². The molecule has 0 radical (unpaired) electrons. The maximum Gasteiger partial charge on any atom is 0.251 e. The standard InChI is InChI=1S/C15H18N4O2S/c1-3-13-18-19-15(22-13)17-12(20)9-10(2)16-14(21)11-7-5-4-6-8-11/h4-8,10H,3,9H2,1-2H3,(H,16,21)(H,17,19,20)/t10-/m1/s1. The molecule has 2 amide bonds. The first-order valence-corrected chi connectivity index (χ1v) is 7.88. The Hall–Kier alpha value is -2.28. The summed E-state index contributed by atoms with van der Waals surface area (Å²) in [7, 11) is 0. The second kappa shape index (κ2) is 7.65. The first-order chi connectivity index (χ1) is 10.6. The molecule has 22 heavy (non-hydrogen) atoms. The molecule has 6 nitrogen and oxygen atoms in total. The number of aryl methyl sites for hydroxylation is 1. The van der Waals surface area contributed by atoms with E-state index in [0.717, 1.165) is 11.4 Å². The van der Waals surface area contributed by atoms with Gasteiger partial charge in [-0.15, -0.1) is 10.2 Å². The highest BCUT2D eigenvalue weighted by atomic mass is 32.1. The fraction of sp³-hybridized carbons (Fsp3) is 0.333. The Morgan fingerprint density at radius 3 is 2.59 bits per heavy atom. The molecule has 0 saturated heterocycles. The molecule has 2 rings (SSSR count). The van der Waals surface area contributed by atoms with Crippen LogP contribution in [0.4, 0.5) is 5.13 Å². The van der Waals surface area contributed by atoms with E-state index in [1.165, 1.54) is 11.3 Å². The molecule has 1 aromatic heterocycles. The van der Waals surface area contributed by atoms with Crippen LogP contribution in [0.25, 0.3) is 0 Å². The minimum atomic E-state index is -0.272. The summed E-state index contributed by atoms with van der Waals surface area (Å²) in [6, 6.07) is 8.64. The minimum absolute atomic E-state index is 0.180. The van der Waals surface area contributed by atoms with E-state index in [9.17, 15) is 9.59 Å². The van der Waals surface area contributed by atoms with Crippen molar-refractivity contribution in [1.29, 1.82) is 0 Å². The predicted octanol–water partition coefficient (Wildman–Crippen LogP) is 2.25. The molecule has 0 spiro atoms. The molecule has 1 aromatic carbocycles. The lowest BCUT2D eigenvalue weighted by molar-refractivity contribution is -0.116. The quantitative estimate of drug-likeness (QED) is 0.855. The summed E-state index contributed by atoms with van der Waals surface area (Å²) in [6.07, 6.45) is 0.969. The third-order valence-electron chi connectivity index (χ3n) is 2.92. The monoisotopic (exact) mass is 318 g/mol. The summed E-state index contributed by atoms with van der Waals surface area (Å²) in [5, 5.41) is 14.7. The van der Waals surface area contributed by atoms with Gasteiger partial charge in [0.25, 0.3) is 5.91 Å². The molecule has 7 heteroatoms. The lowest BCUT2D eigenvalue weighted by Crippen LogP contribution is -2.35. The normalized spacial score (nSPS) is 11.7. The second-order valence-electron chi connectivity index (χ2n) is 4.85. The van der Waals surface area contributed by atoms with Crippen molar-refractivity contribution in [2.45, 2.75) is 32.7 Å². The van der Waals surface area contributed by atoms with Crippen molar-refractivity contribution in [3.63, 3.8) is 0 Å². The number of hydrogen-bond acceptors (Lipinski definition) is 5. The van der Waals surface area contributed by atoms with Gasteiger partial charge in [0.1, 0.15) is 5.01 Å². The Labute approximate surface area is 133 Å². The van der Waals surface area contributed by atoms with Crippen LogP contribution in [0.5, 0.6) is 0 Å². The van der Waals surface area contributed by atoms with Crippen LogP contribution in [0, 0.1) is 0 Å². The molecule has 1 heterocycles. The average Bonchev–Trinajstić information content (AvgIpc) is 2.95. The van der Waals surface area contributed by atoms with E-state index in [1.807, 2.05) is 13.0 Å². The molecule has 0 bridgehead atoms. The second-order valence-corrected chi connectivity index (χ2v) is 5.91. The van der Waals surface area contributed by atoms with Crippen molar-refractivity contribution in [3.05, 3.63) is 40.9 Å². The van der Waals surface area contributed by atoms with Crippen molar-refractivity contribution in [1.82, 2.24) is 15.5 Å².